The maximum Gasteiger partial charge on any atom is 0.234 e. The maximum atomic E-state index is 12.1. The predicted octanol–water partition coefficient (Wildman–Crippen LogP) is 1.94. The highest BCUT2D eigenvalue weighted by Gasteiger charge is 2.14. The minimum absolute atomic E-state index is 0.0718. The SMILES string of the molecule is Cc1nn(C)c(C)c1NC(=O)CSc1nncn1C(C)C. The van der Waals surface area contributed by atoms with Crippen LogP contribution in [0.4, 0.5) is 5.69 Å². The number of thioether (sulfide) groups is 1. The van der Waals surface area contributed by atoms with E-state index >= 15 is 0 Å². The van der Waals surface area contributed by atoms with E-state index in [1.807, 2.05) is 25.5 Å². The van der Waals surface area contributed by atoms with E-state index in [0.717, 1.165) is 22.2 Å². The van der Waals surface area contributed by atoms with Crippen LogP contribution in [0, 0.1) is 13.8 Å². The predicted molar refractivity (Wildman–Crippen MR) is 82.4 cm³/mol. The summed E-state index contributed by atoms with van der Waals surface area (Å²) in [5.41, 5.74) is 2.54. The molecule has 8 heteroatoms. The Morgan fingerprint density at radius 1 is 1.43 bits per heavy atom. The third-order valence-corrected chi connectivity index (χ3v) is 4.16. The van der Waals surface area contributed by atoms with Gasteiger partial charge in [0.15, 0.2) is 5.16 Å². The Kier molecular flexibility index (Phi) is 4.66. The molecule has 21 heavy (non-hydrogen) atoms. The van der Waals surface area contributed by atoms with Gasteiger partial charge < -0.3 is 9.88 Å². The van der Waals surface area contributed by atoms with Crippen molar-refractivity contribution in [1.82, 2.24) is 24.5 Å². The largest absolute Gasteiger partial charge is 0.322 e. The number of aryl methyl sites for hydroxylation is 2. The fourth-order valence-corrected chi connectivity index (χ4v) is 2.79. The Balaban J connectivity index is 1.98. The summed E-state index contributed by atoms with van der Waals surface area (Å²) in [7, 11) is 1.86. The molecular weight excluding hydrogens is 288 g/mol. The van der Waals surface area contributed by atoms with E-state index in [-0.39, 0.29) is 11.9 Å². The summed E-state index contributed by atoms with van der Waals surface area (Å²) < 4.78 is 3.70. The lowest BCUT2D eigenvalue weighted by Crippen LogP contribution is -2.16. The maximum absolute atomic E-state index is 12.1. The van der Waals surface area contributed by atoms with Gasteiger partial charge in [-0.25, -0.2) is 0 Å². The Bertz CT molecular complexity index is 645. The molecule has 0 spiro atoms. The molecule has 0 aliphatic heterocycles. The van der Waals surface area contributed by atoms with Crippen LogP contribution in [0.15, 0.2) is 11.5 Å². The van der Waals surface area contributed by atoms with Gasteiger partial charge in [0.25, 0.3) is 0 Å². The van der Waals surface area contributed by atoms with Crippen molar-refractivity contribution in [2.24, 2.45) is 7.05 Å². The molecule has 0 fully saturated rings. The number of carbonyl (C=O) groups is 1. The first-order chi connectivity index (χ1) is 9.90. The van der Waals surface area contributed by atoms with E-state index in [1.165, 1.54) is 11.8 Å². The third kappa shape index (κ3) is 3.44. The molecule has 2 rings (SSSR count). The van der Waals surface area contributed by atoms with Gasteiger partial charge in [-0.05, 0) is 27.7 Å². The number of amides is 1. The van der Waals surface area contributed by atoms with Crippen LogP contribution in [0.25, 0.3) is 0 Å². The van der Waals surface area contributed by atoms with Crippen LogP contribution in [0.3, 0.4) is 0 Å². The second kappa shape index (κ2) is 6.30. The zero-order valence-electron chi connectivity index (χ0n) is 12.9. The van der Waals surface area contributed by atoms with E-state index in [9.17, 15) is 4.79 Å². The number of hydrogen-bond donors (Lipinski definition) is 1. The lowest BCUT2D eigenvalue weighted by Gasteiger charge is -2.09. The van der Waals surface area contributed by atoms with Crippen LogP contribution in [-0.4, -0.2) is 36.2 Å². The topological polar surface area (TPSA) is 77.6 Å². The third-order valence-electron chi connectivity index (χ3n) is 3.20. The second-order valence-corrected chi connectivity index (χ2v) is 6.06. The molecule has 114 valence electrons. The summed E-state index contributed by atoms with van der Waals surface area (Å²) in [5.74, 6) is 0.219. The Hall–Kier alpha value is -1.83. The quantitative estimate of drug-likeness (QED) is 0.854. The highest BCUT2D eigenvalue weighted by Crippen LogP contribution is 2.21. The molecule has 0 saturated heterocycles. The minimum atomic E-state index is -0.0718. The molecule has 0 radical (unpaired) electrons. The molecule has 0 aliphatic rings. The van der Waals surface area contributed by atoms with Crippen LogP contribution in [-0.2, 0) is 11.8 Å². The van der Waals surface area contributed by atoms with Crippen molar-refractivity contribution in [3.63, 3.8) is 0 Å². The molecule has 1 N–H and O–H groups in total. The first kappa shape index (κ1) is 15.6. The Morgan fingerprint density at radius 3 is 2.71 bits per heavy atom. The molecule has 7 nitrogen and oxygen atoms in total. The lowest BCUT2D eigenvalue weighted by molar-refractivity contribution is -0.113. The Morgan fingerprint density at radius 2 is 2.14 bits per heavy atom. The zero-order chi connectivity index (χ0) is 15.6. The second-order valence-electron chi connectivity index (χ2n) is 5.12. The zero-order valence-corrected chi connectivity index (χ0v) is 13.7. The Labute approximate surface area is 128 Å². The van der Waals surface area contributed by atoms with Crippen molar-refractivity contribution in [2.45, 2.75) is 38.9 Å². The van der Waals surface area contributed by atoms with Crippen LogP contribution in [0.5, 0.6) is 0 Å². The average molecular weight is 308 g/mol. The van der Waals surface area contributed by atoms with Crippen molar-refractivity contribution < 1.29 is 4.79 Å². The summed E-state index contributed by atoms with van der Waals surface area (Å²) in [6.45, 7) is 7.91. The summed E-state index contributed by atoms with van der Waals surface area (Å²) in [4.78, 5) is 12.1. The molecule has 0 bridgehead atoms. The molecule has 0 aromatic carbocycles. The van der Waals surface area contributed by atoms with Crippen LogP contribution in [0.2, 0.25) is 0 Å². The van der Waals surface area contributed by atoms with Gasteiger partial charge >= 0.3 is 0 Å². The van der Waals surface area contributed by atoms with Crippen molar-refractivity contribution in [2.75, 3.05) is 11.1 Å². The molecule has 0 saturated carbocycles. The van der Waals surface area contributed by atoms with Gasteiger partial charge in [-0.15, -0.1) is 10.2 Å². The van der Waals surface area contributed by atoms with E-state index in [2.05, 4.69) is 34.5 Å². The average Bonchev–Trinajstić information content (AvgIpc) is 2.97. The fraction of sp³-hybridized carbons (Fsp3) is 0.538. The molecule has 1 amide bonds. The monoisotopic (exact) mass is 308 g/mol. The molecule has 2 heterocycles. The smallest absolute Gasteiger partial charge is 0.234 e. The molecule has 0 atom stereocenters. The summed E-state index contributed by atoms with van der Waals surface area (Å²) >= 11 is 1.38. The van der Waals surface area contributed by atoms with Crippen molar-refractivity contribution in [3.05, 3.63) is 17.7 Å². The summed E-state index contributed by atoms with van der Waals surface area (Å²) in [5, 5.41) is 15.9. The van der Waals surface area contributed by atoms with Gasteiger partial charge in [0.2, 0.25) is 5.91 Å². The lowest BCUT2D eigenvalue weighted by atomic mass is 10.3. The first-order valence-corrected chi connectivity index (χ1v) is 7.71. The molecule has 2 aromatic rings. The highest BCUT2D eigenvalue weighted by molar-refractivity contribution is 7.99. The molecular formula is C13H20N6OS. The van der Waals surface area contributed by atoms with Crippen LogP contribution >= 0.6 is 11.8 Å². The minimum Gasteiger partial charge on any atom is -0.322 e. The number of nitrogens with zero attached hydrogens (tertiary/aromatic N) is 5. The first-order valence-electron chi connectivity index (χ1n) is 6.72. The molecule has 0 aliphatic carbocycles. The highest BCUT2D eigenvalue weighted by atomic mass is 32.2. The molecule has 2 aromatic heterocycles. The van der Waals surface area contributed by atoms with Gasteiger partial charge in [-0.3, -0.25) is 9.48 Å². The van der Waals surface area contributed by atoms with E-state index in [4.69, 9.17) is 0 Å². The van der Waals surface area contributed by atoms with Gasteiger partial charge in [-0.2, -0.15) is 5.10 Å². The number of aromatic nitrogens is 5. The van der Waals surface area contributed by atoms with E-state index < -0.39 is 0 Å². The van der Waals surface area contributed by atoms with Crippen molar-refractivity contribution in [3.8, 4) is 0 Å². The van der Waals surface area contributed by atoms with Crippen molar-refractivity contribution in [1.29, 1.82) is 0 Å². The van der Waals surface area contributed by atoms with E-state index in [1.54, 1.807) is 11.0 Å². The van der Waals surface area contributed by atoms with Crippen molar-refractivity contribution >= 4 is 23.4 Å². The number of rotatable bonds is 5. The number of nitrogens with one attached hydrogen (secondary N) is 1. The number of carbonyl (C=O) groups excluding carboxylic acids is 1. The molecule has 0 unspecified atom stereocenters. The fourth-order valence-electron chi connectivity index (χ4n) is 1.95. The number of hydrogen-bond acceptors (Lipinski definition) is 5. The van der Waals surface area contributed by atoms with E-state index in [0.29, 0.717) is 5.75 Å². The normalized spacial score (nSPS) is 11.1. The standard InChI is InChI=1S/C13H20N6OS/c1-8(2)19-7-14-16-13(19)21-6-11(20)15-12-9(3)17-18(5)10(12)4/h7-8H,6H2,1-5H3,(H,15,20). The van der Waals surface area contributed by atoms with Gasteiger partial charge in [0, 0.05) is 13.1 Å². The summed E-state index contributed by atoms with van der Waals surface area (Å²) in [6, 6.07) is 0.272. The van der Waals surface area contributed by atoms with Gasteiger partial charge in [0.1, 0.15) is 6.33 Å². The number of anilines is 1. The van der Waals surface area contributed by atoms with Crippen LogP contribution < -0.4 is 5.32 Å². The van der Waals surface area contributed by atoms with Crippen LogP contribution in [0.1, 0.15) is 31.3 Å². The summed E-state index contributed by atoms with van der Waals surface area (Å²) in [6.07, 6.45) is 1.68. The van der Waals surface area contributed by atoms with Gasteiger partial charge in [-0.1, -0.05) is 11.8 Å². The van der Waals surface area contributed by atoms with Gasteiger partial charge in [0.05, 0.1) is 22.8 Å².